The van der Waals surface area contributed by atoms with E-state index in [2.05, 4.69) is 82.3 Å². The van der Waals surface area contributed by atoms with Gasteiger partial charge in [-0.05, 0) is 85.1 Å². The van der Waals surface area contributed by atoms with Crippen LogP contribution in [0.2, 0.25) is 0 Å². The number of nitriles is 1. The highest BCUT2D eigenvalue weighted by Crippen LogP contribution is 2.46. The predicted molar refractivity (Wildman–Crippen MR) is 162 cm³/mol. The molecule has 2 nitrogen and oxygen atoms in total. The van der Waals surface area contributed by atoms with E-state index in [9.17, 15) is 5.26 Å². The van der Waals surface area contributed by atoms with Gasteiger partial charge in [0.05, 0.1) is 18.1 Å². The summed E-state index contributed by atoms with van der Waals surface area (Å²) in [5.74, 6) is 3.09. The first-order chi connectivity index (χ1) is 18.4. The molecule has 208 valence electrons. The van der Waals surface area contributed by atoms with Gasteiger partial charge in [-0.25, -0.2) is 0 Å². The van der Waals surface area contributed by atoms with Crippen molar-refractivity contribution in [3.05, 3.63) is 54.1 Å². The Morgan fingerprint density at radius 3 is 2.05 bits per heavy atom. The van der Waals surface area contributed by atoms with Crippen LogP contribution >= 0.6 is 0 Å². The van der Waals surface area contributed by atoms with E-state index in [1.54, 1.807) is 0 Å². The van der Waals surface area contributed by atoms with Crippen LogP contribution in [0.4, 0.5) is 0 Å². The Morgan fingerprint density at radius 1 is 0.816 bits per heavy atom. The topological polar surface area (TPSA) is 33.0 Å². The van der Waals surface area contributed by atoms with E-state index < -0.39 is 0 Å². The van der Waals surface area contributed by atoms with Crippen molar-refractivity contribution in [2.24, 2.45) is 17.3 Å². The largest absolute Gasteiger partial charge is 0.494 e. The maximum Gasteiger partial charge on any atom is 0.119 e. The molecular weight excluding hydrogens is 462 g/mol. The van der Waals surface area contributed by atoms with Gasteiger partial charge < -0.3 is 4.74 Å². The Labute approximate surface area is 234 Å². The first-order valence-electron chi connectivity index (χ1n) is 15.7. The smallest absolute Gasteiger partial charge is 0.119 e. The Kier molecular flexibility index (Phi) is 12.7. The Balaban J connectivity index is 1.43. The lowest BCUT2D eigenvalue weighted by molar-refractivity contribution is 0.223. The number of rotatable bonds is 16. The zero-order valence-electron chi connectivity index (χ0n) is 24.8. The molecule has 1 unspecified atom stereocenters. The van der Waals surface area contributed by atoms with Crippen LogP contribution in [-0.4, -0.2) is 6.61 Å². The minimum absolute atomic E-state index is 0.0712. The average molecular weight is 516 g/mol. The highest BCUT2D eigenvalue weighted by molar-refractivity contribution is 5.64. The molecule has 3 rings (SSSR count). The third kappa shape index (κ3) is 9.80. The number of hydrogen-bond acceptors (Lipinski definition) is 2. The molecule has 2 aromatic carbocycles. The Hall–Kier alpha value is -2.27. The van der Waals surface area contributed by atoms with Crippen LogP contribution in [0.25, 0.3) is 11.1 Å². The van der Waals surface area contributed by atoms with Crippen LogP contribution < -0.4 is 4.74 Å². The fourth-order valence-corrected chi connectivity index (χ4v) is 6.08. The van der Waals surface area contributed by atoms with E-state index in [4.69, 9.17) is 4.74 Å². The lowest BCUT2D eigenvalue weighted by Crippen LogP contribution is -2.25. The second-order valence-electron chi connectivity index (χ2n) is 12.5. The van der Waals surface area contributed by atoms with Crippen LogP contribution in [0.3, 0.4) is 0 Å². The van der Waals surface area contributed by atoms with Crippen molar-refractivity contribution < 1.29 is 4.74 Å². The normalized spacial score (nSPS) is 20.3. The molecule has 0 aromatic heterocycles. The van der Waals surface area contributed by atoms with E-state index in [0.29, 0.717) is 5.92 Å². The van der Waals surface area contributed by atoms with Crippen molar-refractivity contribution >= 4 is 0 Å². The predicted octanol–water partition coefficient (Wildman–Crippen LogP) is 11.1. The lowest BCUT2D eigenvalue weighted by Gasteiger charge is -2.35. The zero-order valence-corrected chi connectivity index (χ0v) is 24.8. The van der Waals surface area contributed by atoms with E-state index in [1.165, 1.54) is 68.1 Å². The van der Waals surface area contributed by atoms with Gasteiger partial charge in [0.15, 0.2) is 0 Å². The van der Waals surface area contributed by atoms with E-state index in [-0.39, 0.29) is 5.41 Å². The van der Waals surface area contributed by atoms with Gasteiger partial charge in [0.1, 0.15) is 5.75 Å². The molecule has 0 saturated heterocycles. The van der Waals surface area contributed by atoms with Crippen LogP contribution in [-0.2, 0) is 0 Å². The molecule has 0 amide bonds. The number of hydrogen-bond donors (Lipinski definition) is 0. The number of benzene rings is 2. The number of ether oxygens (including phenoxy) is 1. The Bertz CT molecular complexity index is 944. The summed E-state index contributed by atoms with van der Waals surface area (Å²) in [6.45, 7) is 10.0. The Morgan fingerprint density at radius 2 is 1.45 bits per heavy atom. The third-order valence-corrected chi connectivity index (χ3v) is 8.87. The van der Waals surface area contributed by atoms with Gasteiger partial charge in [-0.2, -0.15) is 5.26 Å². The summed E-state index contributed by atoms with van der Waals surface area (Å²) in [4.78, 5) is 0. The van der Waals surface area contributed by atoms with Gasteiger partial charge in [0.2, 0.25) is 0 Å². The molecule has 0 heterocycles. The number of unbranched alkanes of at least 4 members (excludes halogenated alkanes) is 4. The SMILES string of the molecule is CCCCCCCC1(C#N)CCC(c2ccc(-c3ccc(OCCC(C)CCCC(C)C)cc3)cc2)CC1. The molecule has 2 heteroatoms. The summed E-state index contributed by atoms with van der Waals surface area (Å²) >= 11 is 0. The van der Waals surface area contributed by atoms with E-state index >= 15 is 0 Å². The molecule has 0 N–H and O–H groups in total. The van der Waals surface area contributed by atoms with Gasteiger partial charge in [-0.1, -0.05) is 115 Å². The summed E-state index contributed by atoms with van der Waals surface area (Å²) in [5, 5.41) is 9.94. The standard InChI is InChI=1S/C36H53NO/c1-5-6-7-8-9-24-36(28-37)25-21-34(22-26-36)32-15-13-31(14-16-32)33-17-19-35(20-18-33)38-27-23-30(4)12-10-11-29(2)3/h13-20,29-30,34H,5-12,21-27H2,1-4H3. The molecule has 1 fully saturated rings. The average Bonchev–Trinajstić information content (AvgIpc) is 2.93. The monoisotopic (exact) mass is 515 g/mol. The maximum atomic E-state index is 9.94. The molecule has 1 aliphatic rings. The van der Waals surface area contributed by atoms with Crippen LogP contribution in [0, 0.1) is 28.6 Å². The van der Waals surface area contributed by atoms with Gasteiger partial charge >= 0.3 is 0 Å². The zero-order chi connectivity index (χ0) is 27.2. The second-order valence-corrected chi connectivity index (χ2v) is 12.5. The molecule has 38 heavy (non-hydrogen) atoms. The number of nitrogens with zero attached hydrogens (tertiary/aromatic N) is 1. The molecule has 1 atom stereocenters. The highest BCUT2D eigenvalue weighted by atomic mass is 16.5. The van der Waals surface area contributed by atoms with Crippen LogP contribution in [0.15, 0.2) is 48.5 Å². The summed E-state index contributed by atoms with van der Waals surface area (Å²) < 4.78 is 6.04. The lowest BCUT2D eigenvalue weighted by atomic mass is 9.67. The van der Waals surface area contributed by atoms with Gasteiger partial charge in [-0.3, -0.25) is 0 Å². The van der Waals surface area contributed by atoms with E-state index in [1.807, 2.05) is 0 Å². The van der Waals surface area contributed by atoms with Gasteiger partial charge in [0.25, 0.3) is 0 Å². The minimum atomic E-state index is -0.0712. The van der Waals surface area contributed by atoms with Crippen molar-refractivity contribution in [2.45, 2.75) is 124 Å². The molecule has 2 aromatic rings. The summed E-state index contributed by atoms with van der Waals surface area (Å²) in [6, 6.07) is 20.5. The molecule has 0 bridgehead atoms. The van der Waals surface area contributed by atoms with Crippen molar-refractivity contribution in [1.29, 1.82) is 5.26 Å². The van der Waals surface area contributed by atoms with E-state index in [0.717, 1.165) is 62.7 Å². The summed E-state index contributed by atoms with van der Waals surface area (Å²) in [6.07, 6.45) is 17.0. The van der Waals surface area contributed by atoms with Gasteiger partial charge in [-0.15, -0.1) is 0 Å². The molecule has 0 spiro atoms. The molecule has 0 radical (unpaired) electrons. The van der Waals surface area contributed by atoms with Crippen LogP contribution in [0.5, 0.6) is 5.75 Å². The third-order valence-electron chi connectivity index (χ3n) is 8.87. The van der Waals surface area contributed by atoms with Crippen molar-refractivity contribution in [3.63, 3.8) is 0 Å². The molecule has 1 aliphatic carbocycles. The van der Waals surface area contributed by atoms with Gasteiger partial charge in [0, 0.05) is 0 Å². The van der Waals surface area contributed by atoms with Crippen LogP contribution in [0.1, 0.15) is 129 Å². The first kappa shape index (κ1) is 30.3. The minimum Gasteiger partial charge on any atom is -0.494 e. The second kappa shape index (κ2) is 16.0. The maximum absolute atomic E-state index is 9.94. The highest BCUT2D eigenvalue weighted by Gasteiger charge is 2.35. The fraction of sp³-hybridized carbons (Fsp3) is 0.639. The van der Waals surface area contributed by atoms with Crippen molar-refractivity contribution in [3.8, 4) is 22.9 Å². The summed E-state index contributed by atoms with van der Waals surface area (Å²) in [7, 11) is 0. The quantitative estimate of drug-likeness (QED) is 0.208. The van der Waals surface area contributed by atoms with Crippen molar-refractivity contribution in [1.82, 2.24) is 0 Å². The summed E-state index contributed by atoms with van der Waals surface area (Å²) in [5.41, 5.74) is 3.86. The first-order valence-corrected chi connectivity index (χ1v) is 15.7. The molecular formula is C36H53NO. The van der Waals surface area contributed by atoms with Crippen molar-refractivity contribution in [2.75, 3.05) is 6.61 Å². The molecule has 0 aliphatic heterocycles. The fourth-order valence-electron chi connectivity index (χ4n) is 6.08. The molecule has 1 saturated carbocycles.